The third-order valence-electron chi connectivity index (χ3n) is 7.65. The zero-order chi connectivity index (χ0) is 23.5. The van der Waals surface area contributed by atoms with Gasteiger partial charge in [-0.3, -0.25) is 9.69 Å². The molecule has 2 aliphatic heterocycles. The number of nitrogens with zero attached hydrogens (tertiary/aromatic N) is 3. The van der Waals surface area contributed by atoms with Crippen LogP contribution in [-0.2, 0) is 13.0 Å². The number of aliphatic hydroxyl groups excluding tert-OH is 1. The molecule has 1 N–H and O–H groups in total. The summed E-state index contributed by atoms with van der Waals surface area (Å²) in [6.45, 7) is 3.52. The molecular weight excluding hydrogens is 429 g/mol. The first-order valence-corrected chi connectivity index (χ1v) is 12.7. The molecule has 2 aromatic carbocycles. The first kappa shape index (κ1) is 23.2. The molecule has 2 fully saturated rings. The van der Waals surface area contributed by atoms with Gasteiger partial charge in [0.15, 0.2) is 0 Å². The second kappa shape index (κ2) is 10.4. The molecule has 180 valence electrons. The quantitative estimate of drug-likeness (QED) is 0.681. The normalized spacial score (nSPS) is 24.4. The van der Waals surface area contributed by atoms with Gasteiger partial charge in [-0.2, -0.15) is 4.99 Å². The maximum absolute atomic E-state index is 13.3. The van der Waals surface area contributed by atoms with Crippen LogP contribution in [0, 0.1) is 11.7 Å². The average molecular weight is 464 g/mol. The number of amidine groups is 1. The van der Waals surface area contributed by atoms with Gasteiger partial charge in [-0.25, -0.2) is 4.39 Å². The van der Waals surface area contributed by atoms with Crippen molar-refractivity contribution in [2.45, 2.75) is 64.0 Å². The molecule has 1 saturated heterocycles. The predicted molar refractivity (Wildman–Crippen MR) is 133 cm³/mol. The zero-order valence-corrected chi connectivity index (χ0v) is 19.8. The van der Waals surface area contributed by atoms with Gasteiger partial charge in [-0.05, 0) is 99.0 Å². The van der Waals surface area contributed by atoms with E-state index in [0.717, 1.165) is 51.2 Å². The highest BCUT2D eigenvalue weighted by Gasteiger charge is 2.34. The van der Waals surface area contributed by atoms with Crippen molar-refractivity contribution in [2.24, 2.45) is 10.9 Å². The van der Waals surface area contributed by atoms with Gasteiger partial charge in [0.2, 0.25) is 0 Å². The van der Waals surface area contributed by atoms with E-state index in [1.807, 2.05) is 0 Å². The Hall–Kier alpha value is -2.57. The summed E-state index contributed by atoms with van der Waals surface area (Å²) in [7, 11) is 0. The van der Waals surface area contributed by atoms with Crippen molar-refractivity contribution in [3.8, 4) is 0 Å². The number of benzene rings is 2. The molecule has 34 heavy (non-hydrogen) atoms. The minimum absolute atomic E-state index is 0.243. The summed E-state index contributed by atoms with van der Waals surface area (Å²) in [6.07, 6.45) is 8.43. The zero-order valence-electron chi connectivity index (χ0n) is 19.8. The van der Waals surface area contributed by atoms with E-state index in [9.17, 15) is 14.3 Å². The average Bonchev–Trinajstić information content (AvgIpc) is 3.22. The van der Waals surface area contributed by atoms with E-state index in [1.54, 1.807) is 0 Å². The Morgan fingerprint density at radius 3 is 2.44 bits per heavy atom. The largest absolute Gasteiger partial charge is 0.396 e. The van der Waals surface area contributed by atoms with Crippen LogP contribution < -0.4 is 4.90 Å². The number of piperidine rings is 1. The van der Waals surface area contributed by atoms with Crippen LogP contribution >= 0.6 is 0 Å². The second-order valence-electron chi connectivity index (χ2n) is 10.0. The molecule has 5 rings (SSSR count). The summed E-state index contributed by atoms with van der Waals surface area (Å²) in [6, 6.07) is 12.6. The Morgan fingerprint density at radius 1 is 1.00 bits per heavy atom. The van der Waals surface area contributed by atoms with E-state index in [-0.39, 0.29) is 24.4 Å². The monoisotopic (exact) mass is 463 g/mol. The van der Waals surface area contributed by atoms with E-state index in [0.29, 0.717) is 17.9 Å². The maximum atomic E-state index is 13.3. The minimum Gasteiger partial charge on any atom is -0.396 e. The van der Waals surface area contributed by atoms with Gasteiger partial charge < -0.3 is 10.0 Å². The summed E-state index contributed by atoms with van der Waals surface area (Å²) in [5, 5.41) is 9.60. The van der Waals surface area contributed by atoms with Gasteiger partial charge in [0.05, 0.1) is 0 Å². The number of rotatable bonds is 5. The number of carbonyl (C=O) groups excluding carboxylic acids is 1. The topological polar surface area (TPSA) is 56.1 Å². The van der Waals surface area contributed by atoms with Crippen LogP contribution in [-0.4, -0.2) is 47.5 Å². The highest BCUT2D eigenvalue weighted by molar-refractivity contribution is 6.12. The Balaban J connectivity index is 1.43. The van der Waals surface area contributed by atoms with Gasteiger partial charge in [-0.15, -0.1) is 0 Å². The second-order valence-corrected chi connectivity index (χ2v) is 10.0. The van der Waals surface area contributed by atoms with Crippen molar-refractivity contribution >= 4 is 17.4 Å². The summed E-state index contributed by atoms with van der Waals surface area (Å²) < 4.78 is 13.3. The van der Waals surface area contributed by atoms with Crippen LogP contribution in [0.3, 0.4) is 0 Å². The molecule has 0 spiro atoms. The molecule has 5 nitrogen and oxygen atoms in total. The smallest absolute Gasteiger partial charge is 0.278 e. The van der Waals surface area contributed by atoms with Gasteiger partial charge in [0, 0.05) is 36.9 Å². The van der Waals surface area contributed by atoms with Crippen LogP contribution in [0.5, 0.6) is 0 Å². The number of amides is 1. The van der Waals surface area contributed by atoms with Gasteiger partial charge in [0.25, 0.3) is 5.91 Å². The number of aliphatic imine (C=N–C) groups is 1. The van der Waals surface area contributed by atoms with E-state index in [4.69, 9.17) is 0 Å². The van der Waals surface area contributed by atoms with Gasteiger partial charge in [-0.1, -0.05) is 18.6 Å². The van der Waals surface area contributed by atoms with Crippen LogP contribution in [0.1, 0.15) is 66.4 Å². The number of anilines is 1. The number of aliphatic hydroxyl groups is 1. The first-order valence-electron chi connectivity index (χ1n) is 12.7. The number of likely N-dealkylation sites (tertiary alicyclic amines) is 1. The molecule has 0 unspecified atom stereocenters. The highest BCUT2D eigenvalue weighted by Crippen LogP contribution is 2.38. The fraction of sp³-hybridized carbons (Fsp3) is 0.500. The summed E-state index contributed by atoms with van der Waals surface area (Å²) >= 11 is 0. The number of carbonyl (C=O) groups is 1. The van der Waals surface area contributed by atoms with Crippen molar-refractivity contribution in [1.82, 2.24) is 4.90 Å². The van der Waals surface area contributed by atoms with Crippen molar-refractivity contribution < 1.29 is 14.3 Å². The number of halogens is 1. The highest BCUT2D eigenvalue weighted by atomic mass is 19.1. The number of fused-ring (bicyclic) bond motifs is 1. The van der Waals surface area contributed by atoms with Gasteiger partial charge >= 0.3 is 0 Å². The maximum Gasteiger partial charge on any atom is 0.278 e. The SMILES string of the molecule is O=C(N=C1Cc2ccc(CN3CCCCC3)cc2N1C1CCC(CO)CC1)c1ccc(F)cc1. The molecule has 6 heteroatoms. The Bertz CT molecular complexity index is 1040. The van der Waals surface area contributed by atoms with Crippen molar-refractivity contribution in [2.75, 3.05) is 24.6 Å². The fourth-order valence-electron chi connectivity index (χ4n) is 5.71. The molecule has 2 aromatic rings. The number of hydrogen-bond donors (Lipinski definition) is 1. The minimum atomic E-state index is -0.360. The molecule has 0 atom stereocenters. The number of hydrogen-bond acceptors (Lipinski definition) is 3. The molecule has 2 heterocycles. The lowest BCUT2D eigenvalue weighted by Crippen LogP contribution is -2.41. The van der Waals surface area contributed by atoms with Crippen LogP contribution in [0.2, 0.25) is 0 Å². The molecule has 0 bridgehead atoms. The summed E-state index contributed by atoms with van der Waals surface area (Å²) in [5.41, 5.74) is 4.09. The standard InChI is InChI=1S/C28H34FN3O2/c29-24-10-8-22(9-11-24)28(34)30-27-17-23-7-4-21(18-31-14-2-1-3-15-31)16-26(23)32(27)25-12-5-20(19-33)6-13-25/h4,7-11,16,20,25,33H,1-3,5-6,12-15,17-19H2. The van der Waals surface area contributed by atoms with Crippen molar-refractivity contribution in [3.05, 3.63) is 65.0 Å². The van der Waals surface area contributed by atoms with Crippen LogP contribution in [0.25, 0.3) is 0 Å². The lowest BCUT2D eigenvalue weighted by atomic mass is 9.85. The van der Waals surface area contributed by atoms with E-state index in [2.05, 4.69) is 33.0 Å². The summed E-state index contributed by atoms with van der Waals surface area (Å²) in [4.78, 5) is 22.3. The van der Waals surface area contributed by atoms with E-state index >= 15 is 0 Å². The molecule has 1 amide bonds. The van der Waals surface area contributed by atoms with Crippen molar-refractivity contribution in [3.63, 3.8) is 0 Å². The predicted octanol–water partition coefficient (Wildman–Crippen LogP) is 4.96. The molecule has 0 aromatic heterocycles. The Kier molecular flexibility index (Phi) is 7.07. The van der Waals surface area contributed by atoms with Crippen LogP contribution in [0.15, 0.2) is 47.5 Å². The fourth-order valence-corrected chi connectivity index (χ4v) is 5.71. The molecule has 1 saturated carbocycles. The van der Waals surface area contributed by atoms with Crippen LogP contribution in [0.4, 0.5) is 10.1 Å². The summed E-state index contributed by atoms with van der Waals surface area (Å²) in [5.74, 6) is 0.461. The van der Waals surface area contributed by atoms with Gasteiger partial charge in [0.1, 0.15) is 11.7 Å². The first-order chi connectivity index (χ1) is 16.6. The molecule has 0 radical (unpaired) electrons. The molecule has 1 aliphatic carbocycles. The third-order valence-corrected chi connectivity index (χ3v) is 7.65. The molecular formula is C28H34FN3O2. The molecule has 3 aliphatic rings. The van der Waals surface area contributed by atoms with E-state index in [1.165, 1.54) is 60.3 Å². The Labute approximate surface area is 201 Å². The van der Waals surface area contributed by atoms with E-state index < -0.39 is 0 Å². The Morgan fingerprint density at radius 2 is 1.74 bits per heavy atom. The lowest BCUT2D eigenvalue weighted by molar-refractivity contribution is 0.100. The third kappa shape index (κ3) is 5.08. The lowest BCUT2D eigenvalue weighted by Gasteiger charge is -2.36. The van der Waals surface area contributed by atoms with Crippen molar-refractivity contribution in [1.29, 1.82) is 0 Å².